The second-order valence-electron chi connectivity index (χ2n) is 9.52. The summed E-state index contributed by atoms with van der Waals surface area (Å²) < 4.78 is 7.07. The number of ether oxygens (including phenoxy) is 1. The summed E-state index contributed by atoms with van der Waals surface area (Å²) in [6.07, 6.45) is 5.20. The number of aliphatic hydroxyl groups excluding tert-OH is 1. The number of hydrogen-bond donors (Lipinski definition) is 2. The van der Waals surface area contributed by atoms with Crippen molar-refractivity contribution in [1.29, 1.82) is 0 Å². The lowest BCUT2D eigenvalue weighted by Gasteiger charge is -2.15. The van der Waals surface area contributed by atoms with Crippen LogP contribution in [0.5, 0.6) is 0 Å². The van der Waals surface area contributed by atoms with Gasteiger partial charge in [-0.25, -0.2) is 9.97 Å². The third-order valence-electron chi connectivity index (χ3n) is 7.37. The van der Waals surface area contributed by atoms with Crippen molar-refractivity contribution < 1.29 is 9.84 Å². The predicted octanol–water partition coefficient (Wildman–Crippen LogP) is 5.86. The number of aromatic nitrogens is 2. The van der Waals surface area contributed by atoms with Crippen molar-refractivity contribution in [2.24, 2.45) is 5.92 Å². The van der Waals surface area contributed by atoms with Crippen LogP contribution in [0, 0.1) is 5.92 Å². The normalized spacial score (nSPS) is 23.9. The molecule has 0 saturated heterocycles. The highest BCUT2D eigenvalue weighted by Crippen LogP contribution is 2.44. The molecule has 34 heavy (non-hydrogen) atoms. The number of benzene rings is 2. The Kier molecular flexibility index (Phi) is 6.04. The summed E-state index contributed by atoms with van der Waals surface area (Å²) in [7, 11) is 0. The van der Waals surface area contributed by atoms with Gasteiger partial charge in [0.05, 0.1) is 35.6 Å². The fourth-order valence-electron chi connectivity index (χ4n) is 5.57. The summed E-state index contributed by atoms with van der Waals surface area (Å²) in [5.74, 6) is 1.37. The zero-order chi connectivity index (χ0) is 22.9. The van der Waals surface area contributed by atoms with Crippen LogP contribution < -0.4 is 5.32 Å². The minimum atomic E-state index is -0.342. The smallest absolute Gasteiger partial charge is 0.147 e. The summed E-state index contributed by atoms with van der Waals surface area (Å²) in [5.41, 5.74) is 6.23. The Morgan fingerprint density at radius 3 is 2.76 bits per heavy atom. The SMILES string of the molecule is O[C@@H]1C[C@H](c2csc3c(N[C@H]4CCc5ccccc54)ncnc23)C[C@H]1COCc1ccccc1. The van der Waals surface area contributed by atoms with Gasteiger partial charge in [0.2, 0.25) is 0 Å². The molecule has 6 heteroatoms. The first-order valence-electron chi connectivity index (χ1n) is 12.1. The van der Waals surface area contributed by atoms with Crippen molar-refractivity contribution in [2.75, 3.05) is 11.9 Å². The Labute approximate surface area is 203 Å². The monoisotopic (exact) mass is 471 g/mol. The van der Waals surface area contributed by atoms with Gasteiger partial charge in [0.15, 0.2) is 0 Å². The Balaban J connectivity index is 1.15. The Morgan fingerprint density at radius 1 is 1.00 bits per heavy atom. The topological polar surface area (TPSA) is 67.3 Å². The maximum absolute atomic E-state index is 10.7. The fraction of sp³-hybridized carbons (Fsp3) is 0.357. The molecule has 0 bridgehead atoms. The van der Waals surface area contributed by atoms with E-state index in [1.807, 2.05) is 18.2 Å². The maximum Gasteiger partial charge on any atom is 0.147 e. The van der Waals surface area contributed by atoms with Crippen LogP contribution in [0.3, 0.4) is 0 Å². The third-order valence-corrected chi connectivity index (χ3v) is 8.36. The predicted molar refractivity (Wildman–Crippen MR) is 136 cm³/mol. The molecule has 4 aromatic rings. The van der Waals surface area contributed by atoms with Crippen molar-refractivity contribution in [1.82, 2.24) is 9.97 Å². The van der Waals surface area contributed by atoms with Gasteiger partial charge in [-0.2, -0.15) is 0 Å². The summed E-state index contributed by atoms with van der Waals surface area (Å²) in [6.45, 7) is 1.17. The van der Waals surface area contributed by atoms with Gasteiger partial charge in [-0.05, 0) is 59.2 Å². The summed E-state index contributed by atoms with van der Waals surface area (Å²) in [6, 6.07) is 19.2. The van der Waals surface area contributed by atoms with E-state index < -0.39 is 0 Å². The third kappa shape index (κ3) is 4.22. The van der Waals surface area contributed by atoms with E-state index in [1.54, 1.807) is 17.7 Å². The van der Waals surface area contributed by atoms with Crippen molar-refractivity contribution in [3.8, 4) is 0 Å². The molecule has 174 valence electrons. The molecule has 0 aliphatic heterocycles. The zero-order valence-corrected chi connectivity index (χ0v) is 19.9. The van der Waals surface area contributed by atoms with Gasteiger partial charge in [0, 0.05) is 5.92 Å². The Morgan fingerprint density at radius 2 is 1.85 bits per heavy atom. The quantitative estimate of drug-likeness (QED) is 0.353. The van der Waals surface area contributed by atoms with E-state index >= 15 is 0 Å². The van der Waals surface area contributed by atoms with E-state index in [9.17, 15) is 5.11 Å². The zero-order valence-electron chi connectivity index (χ0n) is 19.1. The lowest BCUT2D eigenvalue weighted by atomic mass is 9.98. The number of thiophene rings is 1. The molecule has 2 aromatic heterocycles. The maximum atomic E-state index is 10.7. The first-order chi connectivity index (χ1) is 16.8. The van der Waals surface area contributed by atoms with Crippen LogP contribution in [0.15, 0.2) is 66.3 Å². The van der Waals surface area contributed by atoms with Crippen LogP contribution in [0.4, 0.5) is 5.82 Å². The molecular formula is C28H29N3O2S. The lowest BCUT2D eigenvalue weighted by molar-refractivity contribution is 0.0367. The molecule has 2 heterocycles. The van der Waals surface area contributed by atoms with Crippen molar-refractivity contribution in [3.63, 3.8) is 0 Å². The highest BCUT2D eigenvalue weighted by Gasteiger charge is 2.35. The van der Waals surface area contributed by atoms with Crippen LogP contribution in [0.25, 0.3) is 10.2 Å². The van der Waals surface area contributed by atoms with E-state index in [0.717, 1.165) is 47.3 Å². The number of aryl methyl sites for hydroxylation is 1. The highest BCUT2D eigenvalue weighted by atomic mass is 32.1. The van der Waals surface area contributed by atoms with E-state index in [-0.39, 0.29) is 12.0 Å². The van der Waals surface area contributed by atoms with E-state index in [1.165, 1.54) is 16.7 Å². The lowest BCUT2D eigenvalue weighted by Crippen LogP contribution is -2.18. The Hall–Kier alpha value is -2.80. The summed E-state index contributed by atoms with van der Waals surface area (Å²) >= 11 is 1.71. The van der Waals surface area contributed by atoms with Gasteiger partial charge in [0.25, 0.3) is 0 Å². The van der Waals surface area contributed by atoms with E-state index in [2.05, 4.69) is 57.1 Å². The summed E-state index contributed by atoms with van der Waals surface area (Å²) in [4.78, 5) is 9.26. The van der Waals surface area contributed by atoms with Gasteiger partial charge in [0.1, 0.15) is 12.1 Å². The molecule has 2 aliphatic carbocycles. The van der Waals surface area contributed by atoms with Crippen LogP contribution in [-0.2, 0) is 17.8 Å². The standard InChI is InChI=1S/C28H29N3O2S/c32-25-13-20(12-21(25)15-33-14-18-6-2-1-3-7-18)23-16-34-27-26(23)29-17-30-28(27)31-24-11-10-19-8-4-5-9-22(19)24/h1-9,16-17,20-21,24-25,32H,10-15H2,(H,29,30,31)/t20-,21+,24+,25-/m1/s1. The Bertz CT molecular complexity index is 1280. The number of fused-ring (bicyclic) bond motifs is 2. The molecule has 0 radical (unpaired) electrons. The van der Waals surface area contributed by atoms with Crippen LogP contribution in [0.1, 0.15) is 53.5 Å². The minimum absolute atomic E-state index is 0.151. The second-order valence-corrected chi connectivity index (χ2v) is 10.4. The highest BCUT2D eigenvalue weighted by molar-refractivity contribution is 7.18. The fourth-order valence-corrected chi connectivity index (χ4v) is 6.63. The van der Waals surface area contributed by atoms with Crippen LogP contribution in [-0.4, -0.2) is 27.8 Å². The molecular weight excluding hydrogens is 442 g/mol. The minimum Gasteiger partial charge on any atom is -0.393 e. The number of rotatable bonds is 7. The number of aliphatic hydroxyl groups is 1. The molecule has 5 nitrogen and oxygen atoms in total. The molecule has 4 atom stereocenters. The van der Waals surface area contributed by atoms with Gasteiger partial charge in [-0.15, -0.1) is 11.3 Å². The molecule has 0 spiro atoms. The molecule has 1 fully saturated rings. The van der Waals surface area contributed by atoms with E-state index in [4.69, 9.17) is 4.74 Å². The van der Waals surface area contributed by atoms with Gasteiger partial charge < -0.3 is 15.2 Å². The average molecular weight is 472 g/mol. The summed E-state index contributed by atoms with van der Waals surface area (Å²) in [5, 5.41) is 16.7. The molecule has 2 N–H and O–H groups in total. The van der Waals surface area contributed by atoms with E-state index in [0.29, 0.717) is 25.2 Å². The molecule has 1 saturated carbocycles. The number of anilines is 1. The molecule has 2 aliphatic rings. The largest absolute Gasteiger partial charge is 0.393 e. The number of nitrogens with one attached hydrogen (secondary N) is 1. The number of hydrogen-bond acceptors (Lipinski definition) is 6. The van der Waals surface area contributed by atoms with Crippen LogP contribution >= 0.6 is 11.3 Å². The van der Waals surface area contributed by atoms with Crippen molar-refractivity contribution in [3.05, 3.63) is 88.6 Å². The first kappa shape index (κ1) is 21.7. The molecule has 0 unspecified atom stereocenters. The average Bonchev–Trinajstić information content (AvgIpc) is 3.58. The van der Waals surface area contributed by atoms with Crippen molar-refractivity contribution in [2.45, 2.75) is 50.4 Å². The van der Waals surface area contributed by atoms with Crippen LogP contribution in [0.2, 0.25) is 0 Å². The van der Waals surface area contributed by atoms with Gasteiger partial charge >= 0.3 is 0 Å². The first-order valence-corrected chi connectivity index (χ1v) is 13.0. The molecule has 6 rings (SSSR count). The molecule has 2 aromatic carbocycles. The van der Waals surface area contributed by atoms with Crippen molar-refractivity contribution >= 4 is 27.4 Å². The second kappa shape index (κ2) is 9.45. The van der Waals surface area contributed by atoms with Gasteiger partial charge in [-0.1, -0.05) is 54.6 Å². The molecule has 0 amide bonds. The van der Waals surface area contributed by atoms with Gasteiger partial charge in [-0.3, -0.25) is 0 Å². The number of nitrogens with zero attached hydrogens (tertiary/aromatic N) is 2.